The van der Waals surface area contributed by atoms with Crippen LogP contribution in [-0.4, -0.2) is 53.1 Å². The molecule has 0 saturated carbocycles. The van der Waals surface area contributed by atoms with Gasteiger partial charge in [0.2, 0.25) is 5.75 Å². The minimum Gasteiger partial charge on any atom is -0.493 e. The predicted molar refractivity (Wildman–Crippen MR) is 101 cm³/mol. The Hall–Kier alpha value is -2.26. The van der Waals surface area contributed by atoms with Crippen LogP contribution in [0.2, 0.25) is 0 Å². The summed E-state index contributed by atoms with van der Waals surface area (Å²) < 4.78 is 16.9. The standard InChI is InChI=1S/C17H17NO6S2/c1-22-11-7-10(8-12-15(11)24-6-5-23-12)9-13-16(21)18(17(25)26-13)4-2-3-14(19)20/h7-9H,2-6H2,1H3,(H,19,20)/b13-9-. The van der Waals surface area contributed by atoms with E-state index >= 15 is 0 Å². The van der Waals surface area contributed by atoms with Gasteiger partial charge < -0.3 is 19.3 Å². The van der Waals surface area contributed by atoms with Gasteiger partial charge >= 0.3 is 5.97 Å². The van der Waals surface area contributed by atoms with Crippen LogP contribution in [-0.2, 0) is 9.59 Å². The van der Waals surface area contributed by atoms with E-state index in [0.717, 1.165) is 5.56 Å². The molecular weight excluding hydrogens is 378 g/mol. The highest BCUT2D eigenvalue weighted by atomic mass is 32.2. The van der Waals surface area contributed by atoms with Gasteiger partial charge in [-0.2, -0.15) is 0 Å². The maximum absolute atomic E-state index is 12.6. The number of carbonyl (C=O) groups excluding carboxylic acids is 1. The number of methoxy groups -OCH3 is 1. The fraction of sp³-hybridized carbons (Fsp3) is 0.353. The van der Waals surface area contributed by atoms with Gasteiger partial charge in [0.05, 0.1) is 12.0 Å². The Bertz CT molecular complexity index is 774. The molecule has 7 nitrogen and oxygen atoms in total. The summed E-state index contributed by atoms with van der Waals surface area (Å²) in [4.78, 5) is 25.1. The van der Waals surface area contributed by atoms with E-state index in [1.54, 1.807) is 25.3 Å². The number of hydrogen-bond donors (Lipinski definition) is 1. The number of fused-ring (bicyclic) bond motifs is 1. The van der Waals surface area contributed by atoms with Crippen LogP contribution >= 0.6 is 24.0 Å². The summed E-state index contributed by atoms with van der Waals surface area (Å²) in [6.45, 7) is 1.20. The Kier molecular flexibility index (Phi) is 5.67. The van der Waals surface area contributed by atoms with Crippen LogP contribution in [0.1, 0.15) is 18.4 Å². The maximum atomic E-state index is 12.6. The van der Waals surface area contributed by atoms with Crippen LogP contribution in [0.3, 0.4) is 0 Å². The molecule has 1 N–H and O–H groups in total. The molecular formula is C17H17NO6S2. The highest BCUT2D eigenvalue weighted by molar-refractivity contribution is 8.26. The van der Waals surface area contributed by atoms with Gasteiger partial charge in [-0.15, -0.1) is 0 Å². The SMILES string of the molecule is COc1cc(/C=C2\SC(=S)N(CCCC(=O)O)C2=O)cc2c1OCCO2. The second kappa shape index (κ2) is 7.96. The zero-order valence-corrected chi connectivity index (χ0v) is 15.7. The normalized spacial score (nSPS) is 17.7. The molecule has 1 aromatic rings. The topological polar surface area (TPSA) is 85.3 Å². The van der Waals surface area contributed by atoms with Crippen LogP contribution < -0.4 is 14.2 Å². The molecule has 0 aromatic heterocycles. The summed E-state index contributed by atoms with van der Waals surface area (Å²) in [6.07, 6.45) is 2.07. The fourth-order valence-electron chi connectivity index (χ4n) is 2.61. The number of carboxylic acid groups (broad SMARTS) is 1. The third-order valence-corrected chi connectivity index (χ3v) is 5.17. The molecule has 2 heterocycles. The number of thiocarbonyl (C=S) groups is 1. The number of thioether (sulfide) groups is 1. The van der Waals surface area contributed by atoms with Crippen molar-refractivity contribution in [1.29, 1.82) is 0 Å². The largest absolute Gasteiger partial charge is 0.493 e. The summed E-state index contributed by atoms with van der Waals surface area (Å²) >= 11 is 6.44. The van der Waals surface area contributed by atoms with Crippen LogP contribution in [0.15, 0.2) is 17.0 Å². The molecule has 0 bridgehead atoms. The zero-order valence-electron chi connectivity index (χ0n) is 14.0. The minimum absolute atomic E-state index is 0.00450. The van der Waals surface area contributed by atoms with E-state index in [0.29, 0.717) is 52.7 Å². The lowest BCUT2D eigenvalue weighted by molar-refractivity contribution is -0.137. The molecule has 0 radical (unpaired) electrons. The Balaban J connectivity index is 1.80. The zero-order chi connectivity index (χ0) is 18.7. The van der Waals surface area contributed by atoms with Gasteiger partial charge in [0.25, 0.3) is 5.91 Å². The summed E-state index contributed by atoms with van der Waals surface area (Å²) in [5.41, 5.74) is 0.733. The van der Waals surface area contributed by atoms with E-state index in [2.05, 4.69) is 0 Å². The molecule has 0 atom stereocenters. The van der Waals surface area contributed by atoms with Gasteiger partial charge in [0.15, 0.2) is 11.5 Å². The van der Waals surface area contributed by atoms with E-state index in [4.69, 9.17) is 31.5 Å². The number of ether oxygens (including phenoxy) is 3. The summed E-state index contributed by atoms with van der Waals surface area (Å²) in [5.74, 6) is 0.537. The summed E-state index contributed by atoms with van der Waals surface area (Å²) in [7, 11) is 1.54. The van der Waals surface area contributed by atoms with E-state index in [1.165, 1.54) is 16.7 Å². The van der Waals surface area contributed by atoms with Crippen molar-refractivity contribution in [1.82, 2.24) is 4.90 Å². The lowest BCUT2D eigenvalue weighted by Crippen LogP contribution is -2.29. The van der Waals surface area contributed by atoms with Crippen molar-refractivity contribution in [3.8, 4) is 17.2 Å². The number of amides is 1. The number of hydrogen-bond acceptors (Lipinski definition) is 7. The number of carboxylic acids is 1. The van der Waals surface area contributed by atoms with Crippen molar-refractivity contribution < 1.29 is 28.9 Å². The molecule has 0 aliphatic carbocycles. The molecule has 3 rings (SSSR count). The van der Waals surface area contributed by atoms with Crippen molar-refractivity contribution in [3.05, 3.63) is 22.6 Å². The minimum atomic E-state index is -0.894. The second-order valence-corrected chi connectivity index (χ2v) is 7.25. The van der Waals surface area contributed by atoms with Crippen LogP contribution in [0.5, 0.6) is 17.2 Å². The fourth-order valence-corrected chi connectivity index (χ4v) is 3.92. The smallest absolute Gasteiger partial charge is 0.303 e. The lowest BCUT2D eigenvalue weighted by Gasteiger charge is -2.21. The molecule has 2 aliphatic rings. The number of carbonyl (C=O) groups is 2. The average molecular weight is 395 g/mol. The quantitative estimate of drug-likeness (QED) is 0.581. The molecule has 1 fully saturated rings. The van der Waals surface area contributed by atoms with E-state index in [9.17, 15) is 9.59 Å². The van der Waals surface area contributed by atoms with Gasteiger partial charge in [-0.25, -0.2) is 0 Å². The number of nitrogens with zero attached hydrogens (tertiary/aromatic N) is 1. The van der Waals surface area contributed by atoms with Gasteiger partial charge in [-0.1, -0.05) is 24.0 Å². The third-order valence-electron chi connectivity index (χ3n) is 3.79. The highest BCUT2D eigenvalue weighted by Crippen LogP contribution is 2.42. The van der Waals surface area contributed by atoms with E-state index < -0.39 is 5.97 Å². The van der Waals surface area contributed by atoms with Crippen molar-refractivity contribution in [2.24, 2.45) is 0 Å². The van der Waals surface area contributed by atoms with Crippen molar-refractivity contribution in [2.75, 3.05) is 26.9 Å². The van der Waals surface area contributed by atoms with Crippen LogP contribution in [0, 0.1) is 0 Å². The number of aliphatic carboxylic acids is 1. The molecule has 1 amide bonds. The Morgan fingerprint density at radius 3 is 2.92 bits per heavy atom. The average Bonchev–Trinajstić information content (AvgIpc) is 2.88. The Labute approximate surface area is 159 Å². The highest BCUT2D eigenvalue weighted by Gasteiger charge is 2.32. The van der Waals surface area contributed by atoms with Crippen LogP contribution in [0.4, 0.5) is 0 Å². The molecule has 1 saturated heterocycles. The summed E-state index contributed by atoms with van der Waals surface area (Å²) in [6, 6.07) is 3.55. The second-order valence-electron chi connectivity index (χ2n) is 5.58. The van der Waals surface area contributed by atoms with Crippen molar-refractivity contribution in [3.63, 3.8) is 0 Å². The summed E-state index contributed by atoms with van der Waals surface area (Å²) in [5, 5.41) is 8.73. The van der Waals surface area contributed by atoms with E-state index in [-0.39, 0.29) is 12.3 Å². The van der Waals surface area contributed by atoms with Gasteiger partial charge in [-0.3, -0.25) is 14.5 Å². The van der Waals surface area contributed by atoms with E-state index in [1.807, 2.05) is 0 Å². The first kappa shape index (κ1) is 18.5. The Morgan fingerprint density at radius 2 is 2.19 bits per heavy atom. The lowest BCUT2D eigenvalue weighted by atomic mass is 10.1. The first-order chi connectivity index (χ1) is 12.5. The first-order valence-corrected chi connectivity index (χ1v) is 9.17. The van der Waals surface area contributed by atoms with Crippen LogP contribution in [0.25, 0.3) is 6.08 Å². The molecule has 9 heteroatoms. The molecule has 26 heavy (non-hydrogen) atoms. The Morgan fingerprint density at radius 1 is 1.42 bits per heavy atom. The third kappa shape index (κ3) is 3.94. The van der Waals surface area contributed by atoms with Gasteiger partial charge in [-0.05, 0) is 30.2 Å². The molecule has 0 spiro atoms. The number of rotatable bonds is 6. The van der Waals surface area contributed by atoms with Crippen molar-refractivity contribution >= 4 is 46.3 Å². The molecule has 1 aromatic carbocycles. The predicted octanol–water partition coefficient (Wildman–Crippen LogP) is 2.53. The molecule has 0 unspecified atom stereocenters. The number of benzene rings is 1. The molecule has 138 valence electrons. The molecule has 2 aliphatic heterocycles. The van der Waals surface area contributed by atoms with Crippen molar-refractivity contribution in [2.45, 2.75) is 12.8 Å². The van der Waals surface area contributed by atoms with Gasteiger partial charge in [0.1, 0.15) is 17.5 Å². The first-order valence-electron chi connectivity index (χ1n) is 7.94. The van der Waals surface area contributed by atoms with Gasteiger partial charge in [0, 0.05) is 13.0 Å². The maximum Gasteiger partial charge on any atom is 0.303 e. The monoisotopic (exact) mass is 395 g/mol.